The number of anilines is 1. The predicted molar refractivity (Wildman–Crippen MR) is 69.1 cm³/mol. The lowest BCUT2D eigenvalue weighted by Gasteiger charge is -2.21. The van der Waals surface area contributed by atoms with Crippen molar-refractivity contribution in [1.29, 1.82) is 5.26 Å². The minimum atomic E-state index is -0.585. The molecule has 20 heavy (non-hydrogen) atoms. The first-order valence-corrected chi connectivity index (χ1v) is 6.64. The molecular weight excluding hydrogens is 259 g/mol. The summed E-state index contributed by atoms with van der Waals surface area (Å²) in [5, 5.41) is 9.07. The maximum absolute atomic E-state index is 13.2. The third-order valence-corrected chi connectivity index (χ3v) is 4.28. The highest BCUT2D eigenvalue weighted by Gasteiger charge is 2.53. The Morgan fingerprint density at radius 1 is 1.25 bits per heavy atom. The van der Waals surface area contributed by atoms with Crippen molar-refractivity contribution < 1.29 is 14.0 Å². The van der Waals surface area contributed by atoms with E-state index in [1.807, 2.05) is 6.07 Å². The van der Waals surface area contributed by atoms with Gasteiger partial charge < -0.3 is 0 Å². The van der Waals surface area contributed by atoms with Gasteiger partial charge in [0.05, 0.1) is 16.7 Å². The highest BCUT2D eigenvalue weighted by atomic mass is 19.1. The van der Waals surface area contributed by atoms with E-state index in [0.29, 0.717) is 0 Å². The summed E-state index contributed by atoms with van der Waals surface area (Å²) in [4.78, 5) is 25.9. The fourth-order valence-electron chi connectivity index (χ4n) is 3.27. The number of hydrogen-bond donors (Lipinski definition) is 0. The molecule has 0 unspecified atom stereocenters. The van der Waals surface area contributed by atoms with Crippen molar-refractivity contribution in [3.05, 3.63) is 29.6 Å². The van der Waals surface area contributed by atoms with Crippen molar-refractivity contribution in [1.82, 2.24) is 0 Å². The van der Waals surface area contributed by atoms with Crippen molar-refractivity contribution in [2.45, 2.75) is 32.1 Å². The molecule has 1 aliphatic heterocycles. The number of carbonyl (C=O) groups excluding carboxylic acids is 2. The second kappa shape index (κ2) is 4.41. The maximum atomic E-state index is 13.2. The molecule has 102 valence electrons. The molecule has 2 fully saturated rings. The predicted octanol–water partition coefficient (Wildman–Crippen LogP) is 2.52. The Balaban J connectivity index is 2.05. The summed E-state index contributed by atoms with van der Waals surface area (Å²) in [6, 6.07) is 5.39. The normalized spacial score (nSPS) is 20.7. The topological polar surface area (TPSA) is 61.2 Å². The van der Waals surface area contributed by atoms with E-state index in [1.54, 1.807) is 0 Å². The smallest absolute Gasteiger partial charge is 0.240 e. The highest BCUT2D eigenvalue weighted by Crippen LogP contribution is 2.48. The summed E-state index contributed by atoms with van der Waals surface area (Å²) in [5.74, 6) is -1.08. The molecule has 1 saturated carbocycles. The second-order valence-electron chi connectivity index (χ2n) is 5.47. The average molecular weight is 272 g/mol. The van der Waals surface area contributed by atoms with Crippen LogP contribution in [0.15, 0.2) is 18.2 Å². The lowest BCUT2D eigenvalue weighted by Crippen LogP contribution is -2.34. The monoisotopic (exact) mass is 272 g/mol. The Kier molecular flexibility index (Phi) is 2.82. The van der Waals surface area contributed by atoms with Crippen LogP contribution in [0.5, 0.6) is 0 Å². The number of benzene rings is 1. The number of hydrogen-bond acceptors (Lipinski definition) is 3. The number of imide groups is 1. The Labute approximate surface area is 115 Å². The first-order valence-electron chi connectivity index (χ1n) is 6.64. The highest BCUT2D eigenvalue weighted by molar-refractivity contribution is 6.23. The van der Waals surface area contributed by atoms with Crippen LogP contribution in [0.25, 0.3) is 0 Å². The molecule has 0 radical (unpaired) electrons. The van der Waals surface area contributed by atoms with Gasteiger partial charge in [0.2, 0.25) is 11.8 Å². The van der Waals surface area contributed by atoms with Gasteiger partial charge in [-0.05, 0) is 31.0 Å². The number of rotatable bonds is 1. The molecule has 1 saturated heterocycles. The first kappa shape index (κ1) is 12.8. The molecule has 2 aliphatic rings. The van der Waals surface area contributed by atoms with E-state index < -0.39 is 11.2 Å². The maximum Gasteiger partial charge on any atom is 0.240 e. The van der Waals surface area contributed by atoms with Gasteiger partial charge in [0, 0.05) is 6.42 Å². The molecule has 1 aromatic rings. The Bertz CT molecular complexity index is 642. The average Bonchev–Trinajstić information content (AvgIpc) is 2.98. The number of nitriles is 1. The zero-order valence-corrected chi connectivity index (χ0v) is 10.9. The Morgan fingerprint density at radius 3 is 2.60 bits per heavy atom. The van der Waals surface area contributed by atoms with Crippen molar-refractivity contribution in [3.8, 4) is 6.07 Å². The van der Waals surface area contributed by atoms with Crippen LogP contribution in [-0.4, -0.2) is 11.8 Å². The SMILES string of the molecule is N#Cc1cc(F)ccc1N1C(=O)CC2(CCCC2)C1=O. The molecule has 4 nitrogen and oxygen atoms in total. The summed E-state index contributed by atoms with van der Waals surface area (Å²) in [5.41, 5.74) is -0.368. The third-order valence-electron chi connectivity index (χ3n) is 4.28. The quantitative estimate of drug-likeness (QED) is 0.738. The third kappa shape index (κ3) is 1.72. The van der Waals surface area contributed by atoms with Crippen LogP contribution in [0, 0.1) is 22.6 Å². The molecule has 3 rings (SSSR count). The number of nitrogens with zero attached hydrogens (tertiary/aromatic N) is 2. The van der Waals surface area contributed by atoms with Crippen molar-refractivity contribution in [2.75, 3.05) is 4.90 Å². The van der Waals surface area contributed by atoms with E-state index in [1.165, 1.54) is 6.07 Å². The van der Waals surface area contributed by atoms with Gasteiger partial charge in [0.25, 0.3) is 0 Å². The van der Waals surface area contributed by atoms with Crippen LogP contribution in [-0.2, 0) is 9.59 Å². The lowest BCUT2D eigenvalue weighted by molar-refractivity contribution is -0.125. The second-order valence-corrected chi connectivity index (χ2v) is 5.47. The molecule has 0 bridgehead atoms. The summed E-state index contributed by atoms with van der Waals surface area (Å²) in [6.45, 7) is 0. The van der Waals surface area contributed by atoms with Crippen LogP contribution in [0.3, 0.4) is 0 Å². The molecule has 1 spiro atoms. The molecule has 1 aliphatic carbocycles. The number of carbonyl (C=O) groups is 2. The van der Waals surface area contributed by atoms with Crippen LogP contribution in [0.1, 0.15) is 37.7 Å². The van der Waals surface area contributed by atoms with Crippen LogP contribution in [0.2, 0.25) is 0 Å². The van der Waals surface area contributed by atoms with E-state index in [0.717, 1.165) is 42.7 Å². The molecule has 0 N–H and O–H groups in total. The molecule has 5 heteroatoms. The van der Waals surface area contributed by atoms with Gasteiger partial charge in [0.1, 0.15) is 11.9 Å². The van der Waals surface area contributed by atoms with E-state index in [2.05, 4.69) is 0 Å². The lowest BCUT2D eigenvalue weighted by atomic mass is 9.84. The number of halogens is 1. The van der Waals surface area contributed by atoms with Crippen molar-refractivity contribution in [2.24, 2.45) is 5.41 Å². The molecule has 2 amide bonds. The zero-order valence-electron chi connectivity index (χ0n) is 10.9. The zero-order chi connectivity index (χ0) is 14.3. The molecular formula is C15H13FN2O2. The van der Waals surface area contributed by atoms with E-state index in [9.17, 15) is 14.0 Å². The molecule has 1 heterocycles. The minimum Gasteiger partial charge on any atom is -0.274 e. The Hall–Kier alpha value is -2.22. The fourth-order valence-corrected chi connectivity index (χ4v) is 3.27. The van der Waals surface area contributed by atoms with Gasteiger partial charge in [-0.3, -0.25) is 9.59 Å². The van der Waals surface area contributed by atoms with Gasteiger partial charge in [-0.2, -0.15) is 5.26 Å². The van der Waals surface area contributed by atoms with E-state index in [4.69, 9.17) is 5.26 Å². The fraction of sp³-hybridized carbons (Fsp3) is 0.400. The van der Waals surface area contributed by atoms with E-state index in [-0.39, 0.29) is 29.5 Å². The molecule has 0 aromatic heterocycles. The minimum absolute atomic E-state index is 0.0155. The van der Waals surface area contributed by atoms with Crippen LogP contribution in [0.4, 0.5) is 10.1 Å². The first-order chi connectivity index (χ1) is 9.57. The van der Waals surface area contributed by atoms with Crippen LogP contribution < -0.4 is 4.90 Å². The van der Waals surface area contributed by atoms with Gasteiger partial charge in [-0.1, -0.05) is 12.8 Å². The largest absolute Gasteiger partial charge is 0.274 e. The van der Waals surface area contributed by atoms with Gasteiger partial charge >= 0.3 is 0 Å². The standard InChI is InChI=1S/C15H13FN2O2/c16-11-3-4-12(10(7-11)9-17)18-13(19)8-15(14(18)20)5-1-2-6-15/h3-4,7H,1-2,5-6,8H2. The summed E-state index contributed by atoms with van der Waals surface area (Å²) in [6.07, 6.45) is 3.53. The van der Waals surface area contributed by atoms with Gasteiger partial charge in [-0.15, -0.1) is 0 Å². The Morgan fingerprint density at radius 2 is 1.95 bits per heavy atom. The van der Waals surface area contributed by atoms with Gasteiger partial charge in [-0.25, -0.2) is 9.29 Å². The van der Waals surface area contributed by atoms with E-state index >= 15 is 0 Å². The van der Waals surface area contributed by atoms with Crippen LogP contribution >= 0.6 is 0 Å². The van der Waals surface area contributed by atoms with Crippen molar-refractivity contribution >= 4 is 17.5 Å². The molecule has 1 aromatic carbocycles. The van der Waals surface area contributed by atoms with Gasteiger partial charge in [0.15, 0.2) is 0 Å². The van der Waals surface area contributed by atoms with Crippen molar-refractivity contribution in [3.63, 3.8) is 0 Å². The summed E-state index contributed by atoms with van der Waals surface area (Å²) in [7, 11) is 0. The number of amides is 2. The summed E-state index contributed by atoms with van der Waals surface area (Å²) < 4.78 is 13.2. The molecule has 0 atom stereocenters. The summed E-state index contributed by atoms with van der Waals surface area (Å²) >= 11 is 0.